The first-order valence-electron chi connectivity index (χ1n) is 8.69. The number of methoxy groups -OCH3 is 1. The molecule has 3 amide bonds. The first kappa shape index (κ1) is 21.2. The molecule has 152 valence electrons. The van der Waals surface area contributed by atoms with Crippen LogP contribution in [-0.4, -0.2) is 47.3 Å². The Morgan fingerprint density at radius 3 is 2.59 bits per heavy atom. The van der Waals surface area contributed by atoms with Crippen molar-refractivity contribution in [1.82, 2.24) is 4.90 Å². The number of rotatable bonds is 7. The number of anilines is 1. The van der Waals surface area contributed by atoms with Crippen molar-refractivity contribution in [2.24, 2.45) is 0 Å². The van der Waals surface area contributed by atoms with Crippen LogP contribution in [0.1, 0.15) is 12.0 Å². The van der Waals surface area contributed by atoms with Gasteiger partial charge in [0, 0.05) is 11.4 Å². The van der Waals surface area contributed by atoms with E-state index in [2.05, 4.69) is 15.9 Å². The highest BCUT2D eigenvalue weighted by Crippen LogP contribution is 2.35. The summed E-state index contributed by atoms with van der Waals surface area (Å²) in [6, 6.07) is 10.8. The fourth-order valence-corrected chi connectivity index (χ4v) is 4.39. The van der Waals surface area contributed by atoms with E-state index in [0.29, 0.717) is 15.9 Å². The van der Waals surface area contributed by atoms with Crippen LogP contribution in [0.4, 0.5) is 10.5 Å². The second-order valence-corrected chi connectivity index (χ2v) is 8.04. The summed E-state index contributed by atoms with van der Waals surface area (Å²) in [5.74, 6) is -1.04. The fraction of sp³-hybridized carbons (Fsp3) is 0.250. The maximum Gasteiger partial charge on any atom is 0.332 e. The summed E-state index contributed by atoms with van der Waals surface area (Å²) in [5, 5.41) is 9.29. The second-order valence-electron chi connectivity index (χ2n) is 6.34. The smallest absolute Gasteiger partial charge is 0.332 e. The molecule has 2 aromatic rings. The molecule has 7 nitrogen and oxygen atoms in total. The van der Waals surface area contributed by atoms with Gasteiger partial charge in [0.05, 0.1) is 23.7 Å². The van der Waals surface area contributed by atoms with Gasteiger partial charge in [0.25, 0.3) is 5.91 Å². The Kier molecular flexibility index (Phi) is 6.49. The molecule has 0 aliphatic carbocycles. The zero-order chi connectivity index (χ0) is 21.1. The molecule has 1 aliphatic heterocycles. The van der Waals surface area contributed by atoms with E-state index in [9.17, 15) is 19.5 Å². The van der Waals surface area contributed by atoms with E-state index >= 15 is 0 Å². The third kappa shape index (κ3) is 4.25. The van der Waals surface area contributed by atoms with Crippen molar-refractivity contribution in [2.75, 3.05) is 18.3 Å². The summed E-state index contributed by atoms with van der Waals surface area (Å²) < 4.78 is 5.92. The zero-order valence-electron chi connectivity index (χ0n) is 15.8. The van der Waals surface area contributed by atoms with Crippen LogP contribution >= 0.6 is 27.7 Å². The first-order valence-corrected chi connectivity index (χ1v) is 10.7. The average molecular weight is 479 g/mol. The van der Waals surface area contributed by atoms with Crippen LogP contribution in [0.5, 0.6) is 5.75 Å². The molecule has 2 aromatic carbocycles. The number of thioether (sulfide) groups is 1. The number of carboxylic acid groups (broad SMARTS) is 1. The summed E-state index contributed by atoms with van der Waals surface area (Å²) in [4.78, 5) is 40.8. The summed E-state index contributed by atoms with van der Waals surface area (Å²) in [7, 11) is 1.55. The molecular weight excluding hydrogens is 460 g/mol. The van der Waals surface area contributed by atoms with E-state index < -0.39 is 30.4 Å². The number of amides is 3. The van der Waals surface area contributed by atoms with Crippen molar-refractivity contribution < 1.29 is 24.2 Å². The second kappa shape index (κ2) is 8.87. The highest BCUT2D eigenvalue weighted by atomic mass is 79.9. The minimum Gasteiger partial charge on any atom is -0.496 e. The number of nitrogens with zero attached hydrogens (tertiary/aromatic N) is 2. The lowest BCUT2D eigenvalue weighted by Crippen LogP contribution is -2.36. The first-order chi connectivity index (χ1) is 13.9. The number of imide groups is 1. The van der Waals surface area contributed by atoms with Crippen molar-refractivity contribution in [3.63, 3.8) is 0 Å². The molecule has 0 unspecified atom stereocenters. The lowest BCUT2D eigenvalue weighted by atomic mass is 10.1. The van der Waals surface area contributed by atoms with E-state index in [1.54, 1.807) is 37.4 Å². The van der Waals surface area contributed by atoms with Gasteiger partial charge in [-0.25, -0.2) is 9.69 Å². The third-order valence-corrected chi connectivity index (χ3v) is 5.99. The Balaban J connectivity index is 1.98. The number of hydrogen-bond donors (Lipinski definition) is 1. The number of carbonyl (C=O) groups excluding carboxylic acids is 2. The van der Waals surface area contributed by atoms with Crippen LogP contribution < -0.4 is 9.64 Å². The molecule has 0 saturated carbocycles. The van der Waals surface area contributed by atoms with Crippen LogP contribution in [0, 0.1) is 0 Å². The average Bonchev–Trinajstić information content (AvgIpc) is 2.91. The number of halogens is 1. The Bertz CT molecular complexity index is 968. The van der Waals surface area contributed by atoms with Gasteiger partial charge < -0.3 is 14.7 Å². The van der Waals surface area contributed by atoms with Crippen molar-refractivity contribution in [3.05, 3.63) is 52.5 Å². The zero-order valence-corrected chi connectivity index (χ0v) is 18.2. The van der Waals surface area contributed by atoms with Gasteiger partial charge >= 0.3 is 12.0 Å². The summed E-state index contributed by atoms with van der Waals surface area (Å²) in [6.07, 6.45) is 1.39. The van der Waals surface area contributed by atoms with Gasteiger partial charge in [0.15, 0.2) is 0 Å². The van der Waals surface area contributed by atoms with Gasteiger partial charge in [-0.2, -0.15) is 0 Å². The normalized spacial score (nSPS) is 16.4. The molecule has 1 fully saturated rings. The lowest BCUT2D eigenvalue weighted by Gasteiger charge is -2.21. The minimum atomic E-state index is -1.14. The monoisotopic (exact) mass is 478 g/mol. The number of ether oxygens (including phenoxy) is 1. The van der Waals surface area contributed by atoms with Crippen LogP contribution in [0.15, 0.2) is 51.8 Å². The molecule has 29 heavy (non-hydrogen) atoms. The van der Waals surface area contributed by atoms with Gasteiger partial charge in [-0.15, -0.1) is 11.8 Å². The molecule has 0 bridgehead atoms. The predicted octanol–water partition coefficient (Wildman–Crippen LogP) is 3.99. The van der Waals surface area contributed by atoms with Crippen LogP contribution in [-0.2, 0) is 16.1 Å². The van der Waals surface area contributed by atoms with Crippen molar-refractivity contribution in [3.8, 4) is 5.75 Å². The molecule has 1 saturated heterocycles. The Morgan fingerprint density at radius 2 is 1.97 bits per heavy atom. The summed E-state index contributed by atoms with van der Waals surface area (Å²) >= 11 is 4.82. The van der Waals surface area contributed by atoms with Gasteiger partial charge in [-0.1, -0.05) is 18.2 Å². The molecular formula is C20H19BrN2O5S. The molecule has 9 heteroatoms. The Labute approximate surface area is 180 Å². The van der Waals surface area contributed by atoms with Crippen LogP contribution in [0.25, 0.3) is 0 Å². The topological polar surface area (TPSA) is 87.2 Å². The molecule has 3 rings (SSSR count). The maximum atomic E-state index is 13.2. The van der Waals surface area contributed by atoms with E-state index in [-0.39, 0.29) is 6.54 Å². The number of carbonyl (C=O) groups is 3. The highest BCUT2D eigenvalue weighted by Gasteiger charge is 2.47. The van der Waals surface area contributed by atoms with E-state index in [0.717, 1.165) is 15.4 Å². The van der Waals surface area contributed by atoms with Crippen LogP contribution in [0.2, 0.25) is 0 Å². The number of benzene rings is 2. The fourth-order valence-electron chi connectivity index (χ4n) is 3.22. The Morgan fingerprint density at radius 1 is 1.24 bits per heavy atom. The van der Waals surface area contributed by atoms with E-state index in [1.807, 2.05) is 18.4 Å². The van der Waals surface area contributed by atoms with Gasteiger partial charge in [0.1, 0.15) is 11.8 Å². The van der Waals surface area contributed by atoms with Crippen molar-refractivity contribution >= 4 is 51.3 Å². The molecule has 1 aliphatic rings. The van der Waals surface area contributed by atoms with Gasteiger partial charge in [-0.05, 0) is 52.0 Å². The number of hydrogen-bond acceptors (Lipinski definition) is 5. The van der Waals surface area contributed by atoms with Crippen molar-refractivity contribution in [1.29, 1.82) is 0 Å². The van der Waals surface area contributed by atoms with Crippen LogP contribution in [0.3, 0.4) is 0 Å². The number of para-hydroxylation sites is 1. The standard InChI is InChI=1S/C20H19BrN2O5S/c1-28-16-8-7-12(9-13(16)21)11-22-15(10-18(24)25)19(26)23(20(22)27)14-5-3-4-6-17(14)29-2/h3-9,15H,10-11H2,1-2H3,(H,24,25)/t15-/m0/s1. The third-order valence-electron chi connectivity index (χ3n) is 4.58. The quantitative estimate of drug-likeness (QED) is 0.478. The number of carboxylic acids is 1. The molecule has 1 heterocycles. The number of aliphatic carboxylic acids is 1. The highest BCUT2D eigenvalue weighted by molar-refractivity contribution is 9.10. The minimum absolute atomic E-state index is 0.100. The maximum absolute atomic E-state index is 13.2. The predicted molar refractivity (Wildman–Crippen MR) is 113 cm³/mol. The summed E-state index contributed by atoms with van der Waals surface area (Å²) in [5.41, 5.74) is 1.21. The molecule has 1 N–H and O–H groups in total. The SMILES string of the molecule is COc1ccc(CN2C(=O)N(c3ccccc3SC)C(=O)[C@@H]2CC(=O)O)cc1Br. The molecule has 0 spiro atoms. The van der Waals surface area contributed by atoms with Gasteiger partial charge in [-0.3, -0.25) is 9.59 Å². The molecule has 0 aromatic heterocycles. The van der Waals surface area contributed by atoms with Crippen molar-refractivity contribution in [2.45, 2.75) is 23.9 Å². The number of urea groups is 1. The molecule has 1 atom stereocenters. The largest absolute Gasteiger partial charge is 0.496 e. The summed E-state index contributed by atoms with van der Waals surface area (Å²) in [6.45, 7) is 0.100. The Hall–Kier alpha value is -2.52. The van der Waals surface area contributed by atoms with E-state index in [4.69, 9.17) is 4.74 Å². The molecule has 0 radical (unpaired) electrons. The van der Waals surface area contributed by atoms with Gasteiger partial charge in [0.2, 0.25) is 0 Å². The lowest BCUT2D eigenvalue weighted by molar-refractivity contribution is -0.140. The van der Waals surface area contributed by atoms with E-state index in [1.165, 1.54) is 16.7 Å².